The quantitative estimate of drug-likeness (QED) is 0.757. The van der Waals surface area contributed by atoms with E-state index < -0.39 is 0 Å². The predicted molar refractivity (Wildman–Crippen MR) is 103 cm³/mol. The Hall–Kier alpha value is -2.07. The highest BCUT2D eigenvalue weighted by atomic mass is 127. The second-order valence-electron chi connectivity index (χ2n) is 5.87. The van der Waals surface area contributed by atoms with Crippen molar-refractivity contribution in [3.63, 3.8) is 0 Å². The van der Waals surface area contributed by atoms with Gasteiger partial charge < -0.3 is 10.2 Å². The van der Waals surface area contributed by atoms with Crippen LogP contribution in [0.3, 0.4) is 0 Å². The minimum Gasteiger partial charge on any atom is -0.371 e. The summed E-state index contributed by atoms with van der Waals surface area (Å²) >= 11 is 2.19. The summed E-state index contributed by atoms with van der Waals surface area (Å²) in [6.45, 7) is 1.81. The van der Waals surface area contributed by atoms with Gasteiger partial charge in [-0.15, -0.1) is 0 Å². The van der Waals surface area contributed by atoms with Crippen molar-refractivity contribution in [3.05, 3.63) is 63.2 Å². The summed E-state index contributed by atoms with van der Waals surface area (Å²) in [5, 5.41) is 12.0. The predicted octanol–water partition coefficient (Wildman–Crippen LogP) is 3.56. The van der Waals surface area contributed by atoms with Gasteiger partial charge in [0.1, 0.15) is 0 Å². The molecule has 0 aromatic heterocycles. The zero-order valence-corrected chi connectivity index (χ0v) is 15.4. The number of amides is 1. The summed E-state index contributed by atoms with van der Waals surface area (Å²) in [4.78, 5) is 14.7. The molecule has 0 bridgehead atoms. The van der Waals surface area contributed by atoms with Gasteiger partial charge in [0.15, 0.2) is 0 Å². The molecule has 0 unspecified atom stereocenters. The van der Waals surface area contributed by atoms with Crippen molar-refractivity contribution in [2.24, 2.45) is 0 Å². The first-order valence-electron chi connectivity index (χ1n) is 7.98. The Kier molecular flexibility index (Phi) is 5.36. The largest absolute Gasteiger partial charge is 0.371 e. The third-order valence-corrected chi connectivity index (χ3v) is 5.25. The SMILES string of the molecule is N#Cc1ccc(N2CCC(NC(=O)c3ccccc3I)CC2)cc1. The molecule has 2 aromatic carbocycles. The number of nitriles is 1. The summed E-state index contributed by atoms with van der Waals surface area (Å²) in [7, 11) is 0. The van der Waals surface area contributed by atoms with E-state index in [4.69, 9.17) is 5.26 Å². The van der Waals surface area contributed by atoms with Gasteiger partial charge in [-0.1, -0.05) is 12.1 Å². The Labute approximate surface area is 155 Å². The molecular weight excluding hydrogens is 413 g/mol. The van der Waals surface area contributed by atoms with E-state index >= 15 is 0 Å². The summed E-state index contributed by atoms with van der Waals surface area (Å²) < 4.78 is 0.975. The number of hydrogen-bond acceptors (Lipinski definition) is 3. The Morgan fingerprint density at radius 2 is 1.79 bits per heavy atom. The first kappa shape index (κ1) is 16.8. The molecule has 24 heavy (non-hydrogen) atoms. The molecule has 1 N–H and O–H groups in total. The topological polar surface area (TPSA) is 56.1 Å². The maximum absolute atomic E-state index is 12.4. The highest BCUT2D eigenvalue weighted by Gasteiger charge is 2.22. The van der Waals surface area contributed by atoms with Gasteiger partial charge in [0, 0.05) is 28.4 Å². The Bertz CT molecular complexity index is 759. The molecule has 0 saturated carbocycles. The van der Waals surface area contributed by atoms with E-state index in [2.05, 4.69) is 38.9 Å². The second-order valence-corrected chi connectivity index (χ2v) is 7.04. The lowest BCUT2D eigenvalue weighted by atomic mass is 10.0. The number of carbonyl (C=O) groups is 1. The zero-order valence-electron chi connectivity index (χ0n) is 13.2. The molecule has 5 heteroatoms. The molecule has 0 atom stereocenters. The van der Waals surface area contributed by atoms with Crippen molar-refractivity contribution in [2.75, 3.05) is 18.0 Å². The van der Waals surface area contributed by atoms with E-state index in [9.17, 15) is 4.79 Å². The first-order chi connectivity index (χ1) is 11.7. The molecule has 122 valence electrons. The summed E-state index contributed by atoms with van der Waals surface area (Å²) in [6.07, 6.45) is 1.85. The van der Waals surface area contributed by atoms with Gasteiger partial charge in [-0.25, -0.2) is 0 Å². The zero-order chi connectivity index (χ0) is 16.9. The van der Waals surface area contributed by atoms with Gasteiger partial charge in [0.2, 0.25) is 0 Å². The molecule has 2 aromatic rings. The highest BCUT2D eigenvalue weighted by Crippen LogP contribution is 2.21. The molecule has 4 nitrogen and oxygen atoms in total. The molecule has 0 aliphatic carbocycles. The molecular formula is C19H18IN3O. The van der Waals surface area contributed by atoms with Gasteiger partial charge >= 0.3 is 0 Å². The monoisotopic (exact) mass is 431 g/mol. The molecule has 0 spiro atoms. The number of halogens is 1. The lowest BCUT2D eigenvalue weighted by molar-refractivity contribution is 0.0930. The first-order valence-corrected chi connectivity index (χ1v) is 9.06. The average molecular weight is 431 g/mol. The highest BCUT2D eigenvalue weighted by molar-refractivity contribution is 14.1. The number of piperidine rings is 1. The molecule has 1 amide bonds. The van der Waals surface area contributed by atoms with Crippen molar-refractivity contribution >= 4 is 34.2 Å². The summed E-state index contributed by atoms with van der Waals surface area (Å²) in [5.41, 5.74) is 2.56. The number of nitrogens with zero attached hydrogens (tertiary/aromatic N) is 2. The van der Waals surface area contributed by atoms with E-state index in [1.807, 2.05) is 48.5 Å². The Morgan fingerprint density at radius 3 is 2.42 bits per heavy atom. The number of rotatable bonds is 3. The lowest BCUT2D eigenvalue weighted by Gasteiger charge is -2.34. The number of carbonyl (C=O) groups excluding carboxylic acids is 1. The van der Waals surface area contributed by atoms with Gasteiger partial charge in [-0.3, -0.25) is 4.79 Å². The van der Waals surface area contributed by atoms with Crippen LogP contribution in [0.25, 0.3) is 0 Å². The normalized spacial score (nSPS) is 14.9. The van der Waals surface area contributed by atoms with Crippen molar-refractivity contribution in [1.82, 2.24) is 5.32 Å². The molecule has 1 fully saturated rings. The van der Waals surface area contributed by atoms with E-state index in [0.29, 0.717) is 5.56 Å². The van der Waals surface area contributed by atoms with E-state index in [-0.39, 0.29) is 11.9 Å². The van der Waals surface area contributed by atoms with E-state index in [0.717, 1.165) is 40.8 Å². The van der Waals surface area contributed by atoms with E-state index in [1.165, 1.54) is 0 Å². The maximum atomic E-state index is 12.4. The van der Waals surface area contributed by atoms with Crippen LogP contribution in [0, 0.1) is 14.9 Å². The van der Waals surface area contributed by atoms with Crippen molar-refractivity contribution in [1.29, 1.82) is 5.26 Å². The fraction of sp³-hybridized carbons (Fsp3) is 0.263. The third kappa shape index (κ3) is 3.88. The molecule has 3 rings (SSSR count). The van der Waals surface area contributed by atoms with Crippen LogP contribution in [0.1, 0.15) is 28.8 Å². The molecule has 1 heterocycles. The molecule has 0 radical (unpaired) electrons. The third-order valence-electron chi connectivity index (χ3n) is 4.31. The van der Waals surface area contributed by atoms with Crippen molar-refractivity contribution in [2.45, 2.75) is 18.9 Å². The van der Waals surface area contributed by atoms with Gasteiger partial charge in [0.05, 0.1) is 17.2 Å². The van der Waals surface area contributed by atoms with E-state index in [1.54, 1.807) is 0 Å². The van der Waals surface area contributed by atoms with Gasteiger partial charge in [0.25, 0.3) is 5.91 Å². The molecule has 1 aliphatic heterocycles. The molecule has 1 aliphatic rings. The van der Waals surface area contributed by atoms with Crippen LogP contribution in [0.15, 0.2) is 48.5 Å². The van der Waals surface area contributed by atoms with Crippen LogP contribution in [-0.2, 0) is 0 Å². The lowest BCUT2D eigenvalue weighted by Crippen LogP contribution is -2.44. The number of anilines is 1. The van der Waals surface area contributed by atoms with Crippen LogP contribution in [0.4, 0.5) is 5.69 Å². The minimum absolute atomic E-state index is 0.0109. The summed E-state index contributed by atoms with van der Waals surface area (Å²) in [6, 6.07) is 17.7. The van der Waals surface area contributed by atoms with Gasteiger partial charge in [-0.05, 0) is 71.8 Å². The maximum Gasteiger partial charge on any atom is 0.252 e. The number of benzene rings is 2. The summed E-state index contributed by atoms with van der Waals surface area (Å²) in [5.74, 6) is 0.0109. The Morgan fingerprint density at radius 1 is 1.12 bits per heavy atom. The van der Waals surface area contributed by atoms with Crippen molar-refractivity contribution < 1.29 is 4.79 Å². The minimum atomic E-state index is 0.0109. The fourth-order valence-electron chi connectivity index (χ4n) is 2.94. The Balaban J connectivity index is 1.56. The second kappa shape index (κ2) is 7.67. The standard InChI is InChI=1S/C19H18IN3O/c20-18-4-2-1-3-17(18)19(24)22-15-9-11-23(12-10-15)16-7-5-14(13-21)6-8-16/h1-8,15H,9-12H2,(H,22,24). The molecule has 1 saturated heterocycles. The van der Waals surface area contributed by atoms with Crippen LogP contribution in [0.5, 0.6) is 0 Å². The van der Waals surface area contributed by atoms with Crippen LogP contribution in [0.2, 0.25) is 0 Å². The van der Waals surface area contributed by atoms with Gasteiger partial charge in [-0.2, -0.15) is 5.26 Å². The average Bonchev–Trinajstić information content (AvgIpc) is 2.63. The van der Waals surface area contributed by atoms with Crippen LogP contribution in [-0.4, -0.2) is 25.0 Å². The number of hydrogen-bond donors (Lipinski definition) is 1. The van der Waals surface area contributed by atoms with Crippen LogP contribution < -0.4 is 10.2 Å². The van der Waals surface area contributed by atoms with Crippen LogP contribution >= 0.6 is 22.6 Å². The smallest absolute Gasteiger partial charge is 0.252 e. The van der Waals surface area contributed by atoms with Crippen molar-refractivity contribution in [3.8, 4) is 6.07 Å². The fourth-order valence-corrected chi connectivity index (χ4v) is 3.57. The number of nitrogens with one attached hydrogen (secondary N) is 1.